The van der Waals surface area contributed by atoms with Gasteiger partial charge in [-0.3, -0.25) is 14.4 Å². The molecule has 0 aliphatic carbocycles. The van der Waals surface area contributed by atoms with Gasteiger partial charge in [0.15, 0.2) is 0 Å². The average Bonchev–Trinajstić information content (AvgIpc) is 2.73. The number of hydrazone groups is 1. The predicted molar refractivity (Wildman–Crippen MR) is 119 cm³/mol. The lowest BCUT2D eigenvalue weighted by atomic mass is 10.1. The SMILES string of the molecule is CCCCCCCCCC(=O)NCC(=O)N/N=C\c1coc2ccc(Cl)cc2c1=O. The second kappa shape index (κ2) is 12.8. The Morgan fingerprint density at radius 1 is 1.10 bits per heavy atom. The largest absolute Gasteiger partial charge is 0.463 e. The van der Waals surface area contributed by atoms with Crippen molar-refractivity contribution >= 4 is 40.6 Å². The van der Waals surface area contributed by atoms with Crippen LogP contribution < -0.4 is 16.2 Å². The van der Waals surface area contributed by atoms with E-state index in [1.807, 2.05) is 0 Å². The zero-order valence-electron chi connectivity index (χ0n) is 17.2. The molecule has 0 saturated carbocycles. The molecule has 0 atom stereocenters. The summed E-state index contributed by atoms with van der Waals surface area (Å²) >= 11 is 5.91. The molecule has 0 aliphatic heterocycles. The first-order chi connectivity index (χ1) is 14.5. The molecular weight excluding hydrogens is 406 g/mol. The highest BCUT2D eigenvalue weighted by atomic mass is 35.5. The van der Waals surface area contributed by atoms with Crippen LogP contribution >= 0.6 is 11.6 Å². The number of carbonyl (C=O) groups is 2. The Kier molecular flexibility index (Phi) is 10.1. The van der Waals surface area contributed by atoms with Crippen molar-refractivity contribution < 1.29 is 14.0 Å². The number of hydrogen-bond donors (Lipinski definition) is 2. The Morgan fingerprint density at radius 3 is 2.60 bits per heavy atom. The van der Waals surface area contributed by atoms with E-state index in [9.17, 15) is 14.4 Å². The average molecular weight is 434 g/mol. The quantitative estimate of drug-likeness (QED) is 0.298. The molecule has 2 amide bonds. The first kappa shape index (κ1) is 23.6. The van der Waals surface area contributed by atoms with Crippen LogP contribution in [0.5, 0.6) is 0 Å². The van der Waals surface area contributed by atoms with Crippen LogP contribution in [0.1, 0.15) is 63.9 Å². The summed E-state index contributed by atoms with van der Waals surface area (Å²) in [5.74, 6) is -0.637. The Bertz CT molecular complexity index is 940. The normalized spacial score (nSPS) is 11.1. The molecule has 0 aliphatic rings. The zero-order chi connectivity index (χ0) is 21.8. The third-order valence-electron chi connectivity index (χ3n) is 4.61. The summed E-state index contributed by atoms with van der Waals surface area (Å²) in [5, 5.41) is 7.07. The lowest BCUT2D eigenvalue weighted by molar-refractivity contribution is -0.126. The monoisotopic (exact) mass is 433 g/mol. The highest BCUT2D eigenvalue weighted by Crippen LogP contribution is 2.16. The third-order valence-corrected chi connectivity index (χ3v) is 4.84. The van der Waals surface area contributed by atoms with Gasteiger partial charge in [0.2, 0.25) is 11.3 Å². The molecule has 0 spiro atoms. The Labute approximate surface area is 180 Å². The van der Waals surface area contributed by atoms with Gasteiger partial charge in [0.25, 0.3) is 5.91 Å². The molecule has 0 fully saturated rings. The zero-order valence-corrected chi connectivity index (χ0v) is 18.0. The van der Waals surface area contributed by atoms with E-state index in [1.54, 1.807) is 12.1 Å². The second-order valence-electron chi connectivity index (χ2n) is 7.10. The number of amides is 2. The molecule has 1 aromatic heterocycles. The maximum atomic E-state index is 12.4. The van der Waals surface area contributed by atoms with Gasteiger partial charge >= 0.3 is 0 Å². The highest BCUT2D eigenvalue weighted by molar-refractivity contribution is 6.31. The van der Waals surface area contributed by atoms with Crippen molar-refractivity contribution in [1.29, 1.82) is 0 Å². The number of hydrogen-bond acceptors (Lipinski definition) is 5. The van der Waals surface area contributed by atoms with Crippen LogP contribution in [0.25, 0.3) is 11.0 Å². The van der Waals surface area contributed by atoms with E-state index in [0.717, 1.165) is 19.3 Å². The molecule has 0 radical (unpaired) electrons. The number of fused-ring (bicyclic) bond motifs is 1. The minimum Gasteiger partial charge on any atom is -0.463 e. The lowest BCUT2D eigenvalue weighted by Gasteiger charge is -2.04. The van der Waals surface area contributed by atoms with Gasteiger partial charge in [-0.25, -0.2) is 5.43 Å². The van der Waals surface area contributed by atoms with Crippen LogP contribution in [0.2, 0.25) is 5.02 Å². The van der Waals surface area contributed by atoms with Crippen LogP contribution in [-0.4, -0.2) is 24.6 Å². The van der Waals surface area contributed by atoms with E-state index < -0.39 is 5.91 Å². The van der Waals surface area contributed by atoms with Crippen LogP contribution in [0, 0.1) is 0 Å². The molecule has 2 aromatic rings. The molecular formula is C22H28ClN3O4. The minimum atomic E-state index is -0.479. The standard InChI is InChI=1S/C22H28ClN3O4/c1-2-3-4-5-6-7-8-9-20(27)24-14-21(28)26-25-13-16-15-30-19-11-10-17(23)12-18(19)22(16)29/h10-13,15H,2-9,14H2,1H3,(H,24,27)(H,26,28)/b25-13-. The molecule has 1 heterocycles. The molecule has 162 valence electrons. The van der Waals surface area contributed by atoms with Crippen LogP contribution in [-0.2, 0) is 9.59 Å². The number of halogens is 1. The second-order valence-corrected chi connectivity index (χ2v) is 7.54. The Balaban J connectivity index is 1.70. The van der Waals surface area contributed by atoms with Crippen LogP contribution in [0.3, 0.4) is 0 Å². The molecule has 1 aromatic carbocycles. The summed E-state index contributed by atoms with van der Waals surface area (Å²) in [5.41, 5.74) is 2.56. The summed E-state index contributed by atoms with van der Waals surface area (Å²) in [6, 6.07) is 4.75. The molecule has 0 saturated heterocycles. The first-order valence-corrected chi connectivity index (χ1v) is 10.7. The predicted octanol–water partition coefficient (Wildman–Crippen LogP) is 4.15. The molecule has 2 rings (SSSR count). The van der Waals surface area contributed by atoms with E-state index in [1.165, 1.54) is 44.2 Å². The molecule has 2 N–H and O–H groups in total. The number of carbonyl (C=O) groups excluding carboxylic acids is 2. The fourth-order valence-corrected chi connectivity index (χ4v) is 3.10. The van der Waals surface area contributed by atoms with Gasteiger partial charge in [-0.05, 0) is 24.6 Å². The Morgan fingerprint density at radius 2 is 1.83 bits per heavy atom. The number of nitrogens with one attached hydrogen (secondary N) is 2. The maximum Gasteiger partial charge on any atom is 0.259 e. The fourth-order valence-electron chi connectivity index (χ4n) is 2.93. The van der Waals surface area contributed by atoms with Crippen LogP contribution in [0.4, 0.5) is 0 Å². The number of unbranched alkanes of at least 4 members (excludes halogenated alkanes) is 6. The third kappa shape index (κ3) is 7.99. The maximum absolute atomic E-state index is 12.4. The van der Waals surface area contributed by atoms with Crippen molar-refractivity contribution in [3.05, 3.63) is 45.3 Å². The molecule has 8 heteroatoms. The van der Waals surface area contributed by atoms with Gasteiger partial charge in [-0.2, -0.15) is 5.10 Å². The van der Waals surface area contributed by atoms with Crippen molar-refractivity contribution in [2.75, 3.05) is 6.54 Å². The molecule has 0 bridgehead atoms. The van der Waals surface area contributed by atoms with Gasteiger partial charge in [0.05, 0.1) is 23.7 Å². The summed E-state index contributed by atoms with van der Waals surface area (Å²) in [4.78, 5) is 36.0. The van der Waals surface area contributed by atoms with Crippen molar-refractivity contribution in [2.45, 2.75) is 58.3 Å². The van der Waals surface area contributed by atoms with Crippen molar-refractivity contribution in [1.82, 2.24) is 10.7 Å². The summed E-state index contributed by atoms with van der Waals surface area (Å²) in [6.45, 7) is 2.01. The summed E-state index contributed by atoms with van der Waals surface area (Å²) in [7, 11) is 0. The Hall–Kier alpha value is -2.67. The highest BCUT2D eigenvalue weighted by Gasteiger charge is 2.07. The van der Waals surface area contributed by atoms with E-state index in [2.05, 4.69) is 22.8 Å². The van der Waals surface area contributed by atoms with Crippen LogP contribution in [0.15, 0.2) is 38.8 Å². The molecule has 7 nitrogen and oxygen atoms in total. The van der Waals surface area contributed by atoms with Gasteiger partial charge in [-0.1, -0.05) is 57.0 Å². The number of rotatable bonds is 12. The first-order valence-electron chi connectivity index (χ1n) is 10.3. The number of nitrogens with zero attached hydrogens (tertiary/aromatic N) is 1. The van der Waals surface area contributed by atoms with Crippen molar-refractivity contribution in [3.63, 3.8) is 0 Å². The summed E-state index contributed by atoms with van der Waals surface area (Å²) < 4.78 is 5.37. The van der Waals surface area contributed by atoms with Gasteiger partial charge in [0.1, 0.15) is 11.8 Å². The van der Waals surface area contributed by atoms with E-state index in [4.69, 9.17) is 16.0 Å². The van der Waals surface area contributed by atoms with Crippen molar-refractivity contribution in [2.24, 2.45) is 5.10 Å². The lowest BCUT2D eigenvalue weighted by Crippen LogP contribution is -2.34. The van der Waals surface area contributed by atoms with Gasteiger partial charge < -0.3 is 9.73 Å². The van der Waals surface area contributed by atoms with E-state index in [0.29, 0.717) is 22.4 Å². The van der Waals surface area contributed by atoms with Gasteiger partial charge in [0, 0.05) is 11.4 Å². The minimum absolute atomic E-state index is 0.158. The smallest absolute Gasteiger partial charge is 0.259 e. The van der Waals surface area contributed by atoms with E-state index >= 15 is 0 Å². The molecule has 0 unspecified atom stereocenters. The van der Waals surface area contributed by atoms with Gasteiger partial charge in [-0.15, -0.1) is 0 Å². The summed E-state index contributed by atoms with van der Waals surface area (Å²) in [6.07, 6.45) is 10.8. The van der Waals surface area contributed by atoms with Crippen molar-refractivity contribution in [3.8, 4) is 0 Å². The van der Waals surface area contributed by atoms with E-state index in [-0.39, 0.29) is 23.4 Å². The fraction of sp³-hybridized carbons (Fsp3) is 0.455. The number of benzene rings is 1. The topological polar surface area (TPSA) is 101 Å². The molecule has 30 heavy (non-hydrogen) atoms.